The van der Waals surface area contributed by atoms with E-state index in [2.05, 4.69) is 22.3 Å². The van der Waals surface area contributed by atoms with E-state index in [0.717, 1.165) is 41.4 Å². The smallest absolute Gasteiger partial charge is 0.328 e. The first-order valence-electron chi connectivity index (χ1n) is 15.0. The Balaban J connectivity index is 1.33. The number of carbonyl (C=O) groups excluding carboxylic acids is 1. The molecule has 1 aliphatic heterocycles. The highest BCUT2D eigenvalue weighted by Gasteiger charge is 2.31. The van der Waals surface area contributed by atoms with Gasteiger partial charge < -0.3 is 15.0 Å². The van der Waals surface area contributed by atoms with E-state index in [1.54, 1.807) is 0 Å². The summed E-state index contributed by atoms with van der Waals surface area (Å²) in [5.74, 6) is -1.07. The molecule has 0 bridgehead atoms. The van der Waals surface area contributed by atoms with Gasteiger partial charge in [0.2, 0.25) is 5.91 Å². The van der Waals surface area contributed by atoms with Crippen molar-refractivity contribution >= 4 is 34.2 Å². The Bertz CT molecular complexity index is 1800. The molecule has 2 N–H and O–H groups in total. The Labute approximate surface area is 257 Å². The summed E-state index contributed by atoms with van der Waals surface area (Å²) < 4.78 is 2.01. The molecule has 4 aromatic carbocycles. The maximum Gasteiger partial charge on any atom is 0.328 e. The minimum atomic E-state index is -1.03. The normalized spacial score (nSPS) is 16.2. The van der Waals surface area contributed by atoms with Crippen LogP contribution >= 0.6 is 0 Å². The molecule has 2 heterocycles. The summed E-state index contributed by atoms with van der Waals surface area (Å²) in [5.41, 5.74) is 5.75. The lowest BCUT2D eigenvalue weighted by atomic mass is 9.98. The van der Waals surface area contributed by atoms with E-state index in [1.807, 2.05) is 115 Å². The van der Waals surface area contributed by atoms with Gasteiger partial charge in [-0.25, -0.2) is 4.79 Å². The third-order valence-electron chi connectivity index (χ3n) is 8.34. The second kappa shape index (κ2) is 13.1. The number of hydrogen-bond acceptors (Lipinski definition) is 4. The van der Waals surface area contributed by atoms with E-state index in [9.17, 15) is 14.7 Å². The average molecular weight is 585 g/mol. The van der Waals surface area contributed by atoms with Crippen molar-refractivity contribution in [1.82, 2.24) is 9.47 Å². The Morgan fingerprint density at radius 3 is 2.36 bits per heavy atom. The number of amides is 1. The molecule has 5 aromatic rings. The number of nitrogens with one attached hydrogen (secondary N) is 1. The third-order valence-corrected chi connectivity index (χ3v) is 8.34. The zero-order chi connectivity index (χ0) is 30.5. The lowest BCUT2D eigenvalue weighted by Gasteiger charge is -2.24. The number of carboxylic acid groups (broad SMARTS) is 1. The number of hydrogen-bond donors (Lipinski definition) is 2. The van der Waals surface area contributed by atoms with Gasteiger partial charge in [-0.2, -0.15) is 0 Å². The van der Waals surface area contributed by atoms with Gasteiger partial charge in [0.05, 0.1) is 17.4 Å². The number of aliphatic imine (C=N–C) groups is 1. The van der Waals surface area contributed by atoms with Crippen LogP contribution in [0.4, 0.5) is 5.69 Å². The van der Waals surface area contributed by atoms with Crippen molar-refractivity contribution in [3.05, 3.63) is 138 Å². The summed E-state index contributed by atoms with van der Waals surface area (Å²) >= 11 is 0. The summed E-state index contributed by atoms with van der Waals surface area (Å²) in [6, 6.07) is 34.0. The summed E-state index contributed by atoms with van der Waals surface area (Å²) in [4.78, 5) is 33.6. The van der Waals surface area contributed by atoms with Gasteiger partial charge in [0.25, 0.3) is 0 Å². The fourth-order valence-corrected chi connectivity index (χ4v) is 6.18. The quantitative estimate of drug-likeness (QED) is 0.188. The number of benzene rings is 4. The molecular formula is C37H36N4O3. The minimum Gasteiger partial charge on any atom is -0.480 e. The van der Waals surface area contributed by atoms with Crippen LogP contribution in [0.3, 0.4) is 0 Å². The lowest BCUT2D eigenvalue weighted by molar-refractivity contribution is -0.138. The Kier molecular flexibility index (Phi) is 8.66. The maximum absolute atomic E-state index is 13.7. The van der Waals surface area contributed by atoms with Gasteiger partial charge in [-0.15, -0.1) is 0 Å². The van der Waals surface area contributed by atoms with Gasteiger partial charge in [0.15, 0.2) is 6.04 Å². The number of carbonyl (C=O) groups is 2. The van der Waals surface area contributed by atoms with E-state index >= 15 is 0 Å². The second-order valence-electron chi connectivity index (χ2n) is 11.3. The Morgan fingerprint density at radius 1 is 0.909 bits per heavy atom. The number of anilines is 1. The molecule has 7 nitrogen and oxygen atoms in total. The first kappa shape index (κ1) is 29.1. The molecule has 0 aliphatic carbocycles. The molecule has 0 saturated carbocycles. The molecular weight excluding hydrogens is 548 g/mol. The van der Waals surface area contributed by atoms with Crippen LogP contribution in [0.5, 0.6) is 0 Å². The summed E-state index contributed by atoms with van der Waals surface area (Å²) in [5, 5.41) is 14.6. The highest BCUT2D eigenvalue weighted by Crippen LogP contribution is 2.27. The SMILES string of the molecule is Cn1cc(C[C@H](N=C(c2ccccc2)c2ccccc2NC(=O)[C@@H]2CCCN2Cc2ccccc2)C(=O)O)c2ccccc21. The van der Waals surface area contributed by atoms with Crippen molar-refractivity contribution in [2.45, 2.75) is 37.9 Å². The van der Waals surface area contributed by atoms with E-state index in [4.69, 9.17) is 4.99 Å². The summed E-state index contributed by atoms with van der Waals surface area (Å²) in [6.07, 6.45) is 3.96. The van der Waals surface area contributed by atoms with Crippen LogP contribution in [0.2, 0.25) is 0 Å². The fraction of sp³-hybridized carbons (Fsp3) is 0.216. The molecule has 6 rings (SSSR count). The summed E-state index contributed by atoms with van der Waals surface area (Å²) in [7, 11) is 1.96. The highest BCUT2D eigenvalue weighted by atomic mass is 16.4. The number of para-hydroxylation sites is 2. The molecule has 222 valence electrons. The standard InChI is InChI=1S/C37H36N4O3/c1-40-25-28(29-17-9-11-20-33(29)40)23-32(37(43)44)38-35(27-15-6-3-7-16-27)30-18-8-10-19-31(30)39-36(42)34-21-12-22-41(34)24-26-13-4-2-5-14-26/h2-11,13-20,25,32,34H,12,21-24H2,1H3,(H,39,42)(H,43,44)/t32-,34-/m0/s1. The van der Waals surface area contributed by atoms with Gasteiger partial charge in [-0.3, -0.25) is 14.7 Å². The molecule has 1 aromatic heterocycles. The zero-order valence-electron chi connectivity index (χ0n) is 24.8. The van der Waals surface area contributed by atoms with E-state index in [-0.39, 0.29) is 18.4 Å². The Morgan fingerprint density at radius 2 is 1.59 bits per heavy atom. The van der Waals surface area contributed by atoms with E-state index in [0.29, 0.717) is 23.5 Å². The van der Waals surface area contributed by atoms with Crippen LogP contribution in [-0.2, 0) is 29.6 Å². The van der Waals surface area contributed by atoms with Crippen molar-refractivity contribution in [1.29, 1.82) is 0 Å². The van der Waals surface area contributed by atoms with E-state index in [1.165, 1.54) is 5.56 Å². The van der Waals surface area contributed by atoms with Gasteiger partial charge in [-0.05, 0) is 42.6 Å². The van der Waals surface area contributed by atoms with Gasteiger partial charge in [0.1, 0.15) is 0 Å². The van der Waals surface area contributed by atoms with Crippen LogP contribution in [0.1, 0.15) is 35.1 Å². The van der Waals surface area contributed by atoms with Crippen LogP contribution in [0.15, 0.2) is 120 Å². The van der Waals surface area contributed by atoms with Crippen molar-refractivity contribution in [2.24, 2.45) is 12.0 Å². The number of aliphatic carboxylic acids is 1. The van der Waals surface area contributed by atoms with Crippen molar-refractivity contribution in [3.8, 4) is 0 Å². The third kappa shape index (κ3) is 6.33. The molecule has 0 radical (unpaired) electrons. The predicted molar refractivity (Wildman–Crippen MR) is 175 cm³/mol. The maximum atomic E-state index is 13.7. The van der Waals surface area contributed by atoms with Crippen molar-refractivity contribution in [2.75, 3.05) is 11.9 Å². The molecule has 1 amide bonds. The number of aryl methyl sites for hydroxylation is 1. The first-order valence-corrected chi connectivity index (χ1v) is 15.0. The zero-order valence-corrected chi connectivity index (χ0v) is 24.8. The average Bonchev–Trinajstić information content (AvgIpc) is 3.64. The minimum absolute atomic E-state index is 0.0659. The van der Waals surface area contributed by atoms with Gasteiger partial charge in [0, 0.05) is 48.2 Å². The van der Waals surface area contributed by atoms with Gasteiger partial charge in [-0.1, -0.05) is 97.1 Å². The van der Waals surface area contributed by atoms with Gasteiger partial charge >= 0.3 is 5.97 Å². The van der Waals surface area contributed by atoms with Crippen molar-refractivity contribution < 1.29 is 14.7 Å². The highest BCUT2D eigenvalue weighted by molar-refractivity contribution is 6.17. The van der Waals surface area contributed by atoms with Crippen LogP contribution < -0.4 is 5.32 Å². The number of fused-ring (bicyclic) bond motifs is 1. The molecule has 0 unspecified atom stereocenters. The number of nitrogens with zero attached hydrogens (tertiary/aromatic N) is 3. The number of rotatable bonds is 10. The molecule has 7 heteroatoms. The lowest BCUT2D eigenvalue weighted by Crippen LogP contribution is -2.39. The number of carboxylic acids is 1. The molecule has 2 atom stereocenters. The Hall–Kier alpha value is -5.01. The topological polar surface area (TPSA) is 86.9 Å². The second-order valence-corrected chi connectivity index (χ2v) is 11.3. The molecule has 1 fully saturated rings. The molecule has 1 saturated heterocycles. The molecule has 44 heavy (non-hydrogen) atoms. The van der Waals surface area contributed by atoms with Crippen LogP contribution in [-0.4, -0.2) is 50.8 Å². The molecule has 1 aliphatic rings. The predicted octanol–water partition coefficient (Wildman–Crippen LogP) is 6.31. The van der Waals surface area contributed by atoms with E-state index < -0.39 is 12.0 Å². The van der Waals surface area contributed by atoms with Crippen LogP contribution in [0.25, 0.3) is 10.9 Å². The molecule has 0 spiro atoms. The fourth-order valence-electron chi connectivity index (χ4n) is 6.18. The monoisotopic (exact) mass is 584 g/mol. The first-order chi connectivity index (χ1) is 21.5. The largest absolute Gasteiger partial charge is 0.480 e. The van der Waals surface area contributed by atoms with Crippen molar-refractivity contribution in [3.63, 3.8) is 0 Å². The van der Waals surface area contributed by atoms with Crippen LogP contribution in [0, 0.1) is 0 Å². The number of likely N-dealkylation sites (tertiary alicyclic amines) is 1. The number of aromatic nitrogens is 1. The summed E-state index contributed by atoms with van der Waals surface area (Å²) in [6.45, 7) is 1.57.